The number of para-hydroxylation sites is 1. The minimum Gasteiger partial charge on any atom is -0.396 e. The summed E-state index contributed by atoms with van der Waals surface area (Å²) in [7, 11) is 4.18. The average molecular weight is 284 g/mol. The fourth-order valence-electron chi connectivity index (χ4n) is 2.32. The summed E-state index contributed by atoms with van der Waals surface area (Å²) in [6.45, 7) is 3.93. The molecule has 0 saturated carbocycles. The van der Waals surface area contributed by atoms with Crippen LogP contribution in [0.5, 0.6) is 0 Å². The van der Waals surface area contributed by atoms with Gasteiger partial charge in [0.15, 0.2) is 5.82 Å². The summed E-state index contributed by atoms with van der Waals surface area (Å²) in [6.07, 6.45) is 2.92. The Morgan fingerprint density at radius 3 is 2.43 bits per heavy atom. The molecule has 112 valence electrons. The lowest BCUT2D eigenvalue weighted by molar-refractivity contribution is 0.402. The molecule has 0 fully saturated rings. The van der Waals surface area contributed by atoms with Crippen LogP contribution in [0.3, 0.4) is 0 Å². The van der Waals surface area contributed by atoms with Gasteiger partial charge in [0.25, 0.3) is 0 Å². The highest BCUT2D eigenvalue weighted by Crippen LogP contribution is 2.28. The van der Waals surface area contributed by atoms with Crippen molar-refractivity contribution in [2.45, 2.75) is 13.3 Å². The van der Waals surface area contributed by atoms with E-state index in [-0.39, 0.29) is 0 Å². The lowest BCUT2D eigenvalue weighted by Crippen LogP contribution is -2.24. The Balaban J connectivity index is 2.27. The second kappa shape index (κ2) is 7.09. The van der Waals surface area contributed by atoms with Gasteiger partial charge in [-0.15, -0.1) is 0 Å². The zero-order chi connectivity index (χ0) is 15.2. The molecule has 2 N–H and O–H groups in total. The van der Waals surface area contributed by atoms with Gasteiger partial charge in [-0.05, 0) is 57.7 Å². The van der Waals surface area contributed by atoms with Gasteiger partial charge in [0.1, 0.15) is 0 Å². The second-order valence-electron chi connectivity index (χ2n) is 5.57. The molecule has 0 spiro atoms. The van der Waals surface area contributed by atoms with Crippen molar-refractivity contribution in [3.8, 4) is 0 Å². The number of pyridine rings is 1. The lowest BCUT2D eigenvalue weighted by Gasteiger charge is -2.26. The zero-order valence-electron chi connectivity index (χ0n) is 13.1. The Bertz CT molecular complexity index is 566. The first-order chi connectivity index (χ1) is 10.1. The van der Waals surface area contributed by atoms with Crippen LogP contribution in [0.1, 0.15) is 12.0 Å². The van der Waals surface area contributed by atoms with Gasteiger partial charge in [0, 0.05) is 18.4 Å². The average Bonchev–Trinajstić information content (AvgIpc) is 2.45. The molecule has 0 unspecified atom stereocenters. The third-order valence-electron chi connectivity index (χ3n) is 3.34. The fraction of sp³-hybridized carbons (Fsp3) is 0.353. The number of aryl methyl sites for hydroxylation is 1. The van der Waals surface area contributed by atoms with Crippen LogP contribution in [0.4, 0.5) is 17.2 Å². The number of rotatable bonds is 6. The van der Waals surface area contributed by atoms with Crippen molar-refractivity contribution in [1.29, 1.82) is 0 Å². The number of nitrogens with zero attached hydrogens (tertiary/aromatic N) is 3. The number of nitrogens with two attached hydrogens (primary N) is 1. The van der Waals surface area contributed by atoms with Crippen LogP contribution in [0, 0.1) is 6.92 Å². The van der Waals surface area contributed by atoms with Gasteiger partial charge in [-0.25, -0.2) is 4.98 Å². The number of hydrogen-bond acceptors (Lipinski definition) is 4. The normalized spacial score (nSPS) is 10.9. The third kappa shape index (κ3) is 4.20. The second-order valence-corrected chi connectivity index (χ2v) is 5.57. The Hall–Kier alpha value is -2.07. The summed E-state index contributed by atoms with van der Waals surface area (Å²) in [5.74, 6) is 0.838. The first kappa shape index (κ1) is 15.3. The molecular weight excluding hydrogens is 260 g/mol. The van der Waals surface area contributed by atoms with Crippen LogP contribution in [0.15, 0.2) is 42.6 Å². The predicted molar refractivity (Wildman–Crippen MR) is 90.0 cm³/mol. The molecule has 4 nitrogen and oxygen atoms in total. The SMILES string of the molecule is Cc1cnc(N(CCCN(C)C)c2ccccc2)c(N)c1. The molecule has 1 aromatic heterocycles. The van der Waals surface area contributed by atoms with E-state index in [4.69, 9.17) is 5.73 Å². The maximum atomic E-state index is 6.18. The van der Waals surface area contributed by atoms with Crippen LogP contribution < -0.4 is 10.6 Å². The van der Waals surface area contributed by atoms with Crippen LogP contribution in [0.2, 0.25) is 0 Å². The number of nitrogen functional groups attached to an aromatic ring is 1. The molecule has 0 bridgehead atoms. The standard InChI is InChI=1S/C17H24N4/c1-14-12-16(18)17(19-13-14)21(11-7-10-20(2)3)15-8-5-4-6-9-15/h4-6,8-9,12-13H,7,10-11,18H2,1-3H3. The lowest BCUT2D eigenvalue weighted by atomic mass is 10.2. The van der Waals surface area contributed by atoms with E-state index in [9.17, 15) is 0 Å². The van der Waals surface area contributed by atoms with Crippen molar-refractivity contribution in [2.24, 2.45) is 0 Å². The molecule has 0 amide bonds. The molecule has 0 aliphatic carbocycles. The van der Waals surface area contributed by atoms with Crippen molar-refractivity contribution in [3.63, 3.8) is 0 Å². The van der Waals surface area contributed by atoms with Crippen molar-refractivity contribution in [1.82, 2.24) is 9.88 Å². The van der Waals surface area contributed by atoms with Gasteiger partial charge in [0.2, 0.25) is 0 Å². The van der Waals surface area contributed by atoms with Gasteiger partial charge in [-0.2, -0.15) is 0 Å². The molecule has 0 aliphatic heterocycles. The highest BCUT2D eigenvalue weighted by molar-refractivity contribution is 5.71. The van der Waals surface area contributed by atoms with E-state index in [0.29, 0.717) is 0 Å². The van der Waals surface area contributed by atoms with Gasteiger partial charge in [-0.1, -0.05) is 18.2 Å². The van der Waals surface area contributed by atoms with E-state index in [0.717, 1.165) is 42.3 Å². The number of benzene rings is 1. The van der Waals surface area contributed by atoms with Crippen LogP contribution in [-0.4, -0.2) is 37.1 Å². The fourth-order valence-corrected chi connectivity index (χ4v) is 2.32. The van der Waals surface area contributed by atoms with Crippen molar-refractivity contribution >= 4 is 17.2 Å². The molecular formula is C17H24N4. The van der Waals surface area contributed by atoms with Crippen molar-refractivity contribution < 1.29 is 0 Å². The molecule has 2 rings (SSSR count). The topological polar surface area (TPSA) is 45.4 Å². The maximum absolute atomic E-state index is 6.18. The number of anilines is 3. The Morgan fingerprint density at radius 2 is 1.81 bits per heavy atom. The van der Waals surface area contributed by atoms with E-state index in [2.05, 4.69) is 41.0 Å². The minimum atomic E-state index is 0.726. The molecule has 0 atom stereocenters. The van der Waals surface area contributed by atoms with E-state index in [1.807, 2.05) is 37.4 Å². The molecule has 4 heteroatoms. The largest absolute Gasteiger partial charge is 0.396 e. The van der Waals surface area contributed by atoms with E-state index < -0.39 is 0 Å². The highest BCUT2D eigenvalue weighted by atomic mass is 15.2. The summed E-state index contributed by atoms with van der Waals surface area (Å²) in [4.78, 5) is 8.92. The first-order valence-corrected chi connectivity index (χ1v) is 7.27. The van der Waals surface area contributed by atoms with Gasteiger partial charge < -0.3 is 15.5 Å². The molecule has 0 radical (unpaired) electrons. The summed E-state index contributed by atoms with van der Waals surface area (Å²) >= 11 is 0. The molecule has 0 saturated heterocycles. The van der Waals surface area contributed by atoms with Gasteiger partial charge >= 0.3 is 0 Å². The smallest absolute Gasteiger partial charge is 0.156 e. The van der Waals surface area contributed by atoms with Crippen molar-refractivity contribution in [2.75, 3.05) is 37.8 Å². The molecule has 1 heterocycles. The van der Waals surface area contributed by atoms with Gasteiger partial charge in [0.05, 0.1) is 5.69 Å². The molecule has 2 aromatic rings. The Kier molecular flexibility index (Phi) is 5.17. The summed E-state index contributed by atoms with van der Waals surface area (Å²) in [6, 6.07) is 12.3. The highest BCUT2D eigenvalue weighted by Gasteiger charge is 2.13. The maximum Gasteiger partial charge on any atom is 0.156 e. The number of aromatic nitrogens is 1. The Labute approximate surface area is 127 Å². The van der Waals surface area contributed by atoms with Crippen LogP contribution in [0.25, 0.3) is 0 Å². The van der Waals surface area contributed by atoms with Crippen LogP contribution in [-0.2, 0) is 0 Å². The first-order valence-electron chi connectivity index (χ1n) is 7.27. The van der Waals surface area contributed by atoms with E-state index >= 15 is 0 Å². The predicted octanol–water partition coefficient (Wildman–Crippen LogP) is 3.06. The van der Waals surface area contributed by atoms with Gasteiger partial charge in [-0.3, -0.25) is 0 Å². The molecule has 1 aromatic carbocycles. The molecule has 0 aliphatic rings. The van der Waals surface area contributed by atoms with E-state index in [1.165, 1.54) is 0 Å². The summed E-state index contributed by atoms with van der Waals surface area (Å²) in [5.41, 5.74) is 9.11. The Morgan fingerprint density at radius 1 is 1.10 bits per heavy atom. The van der Waals surface area contributed by atoms with Crippen molar-refractivity contribution in [3.05, 3.63) is 48.2 Å². The summed E-state index contributed by atoms with van der Waals surface area (Å²) < 4.78 is 0. The van der Waals surface area contributed by atoms with E-state index in [1.54, 1.807) is 0 Å². The zero-order valence-corrected chi connectivity index (χ0v) is 13.1. The summed E-state index contributed by atoms with van der Waals surface area (Å²) in [5, 5.41) is 0. The minimum absolute atomic E-state index is 0.726. The van der Waals surface area contributed by atoms with Crippen LogP contribution >= 0.6 is 0 Å². The third-order valence-corrected chi connectivity index (χ3v) is 3.34. The number of hydrogen-bond donors (Lipinski definition) is 1. The quantitative estimate of drug-likeness (QED) is 0.885. The monoisotopic (exact) mass is 284 g/mol. The molecule has 21 heavy (non-hydrogen) atoms.